The second-order valence-electron chi connectivity index (χ2n) is 7.58. The zero-order valence-electron chi connectivity index (χ0n) is 16.2. The lowest BCUT2D eigenvalue weighted by Crippen LogP contribution is -2.36. The van der Waals surface area contributed by atoms with Gasteiger partial charge in [-0.05, 0) is 30.5 Å². The van der Waals surface area contributed by atoms with E-state index >= 15 is 0 Å². The maximum absolute atomic E-state index is 12.4. The Labute approximate surface area is 158 Å². The van der Waals surface area contributed by atoms with Gasteiger partial charge in [0.15, 0.2) is 0 Å². The van der Waals surface area contributed by atoms with Gasteiger partial charge in [0.2, 0.25) is 11.8 Å². The molecule has 1 aromatic rings. The molecule has 0 heterocycles. The number of carbonyl (C=O) groups is 2. The highest BCUT2D eigenvalue weighted by molar-refractivity contribution is 5.88. The van der Waals surface area contributed by atoms with Crippen molar-refractivity contribution in [2.24, 2.45) is 0 Å². The van der Waals surface area contributed by atoms with Crippen molar-refractivity contribution >= 4 is 17.5 Å². The second-order valence-corrected chi connectivity index (χ2v) is 7.58. The standard InChI is InChI=1S/C22H34N2O2/c1-18(25)23-21-15-13-19(14-16-21)17-22(26)24-20-11-9-7-5-3-2-4-6-8-10-12-20/h13-16,20H,2-12,17H2,1H3,(H,23,25)(H,24,26). The van der Waals surface area contributed by atoms with Gasteiger partial charge < -0.3 is 10.6 Å². The molecule has 0 aliphatic heterocycles. The monoisotopic (exact) mass is 358 g/mol. The summed E-state index contributed by atoms with van der Waals surface area (Å²) >= 11 is 0. The van der Waals surface area contributed by atoms with Crippen molar-refractivity contribution in [2.45, 2.75) is 90.0 Å². The topological polar surface area (TPSA) is 58.2 Å². The van der Waals surface area contributed by atoms with Gasteiger partial charge in [0.05, 0.1) is 6.42 Å². The van der Waals surface area contributed by atoms with E-state index in [1.54, 1.807) is 0 Å². The Balaban J connectivity index is 1.80. The van der Waals surface area contributed by atoms with Gasteiger partial charge in [0, 0.05) is 18.7 Å². The molecule has 0 aromatic heterocycles. The quantitative estimate of drug-likeness (QED) is 0.798. The van der Waals surface area contributed by atoms with Gasteiger partial charge in [-0.15, -0.1) is 0 Å². The Bertz CT molecular complexity index is 542. The van der Waals surface area contributed by atoms with Gasteiger partial charge in [-0.3, -0.25) is 9.59 Å². The van der Waals surface area contributed by atoms with Gasteiger partial charge >= 0.3 is 0 Å². The fourth-order valence-corrected chi connectivity index (χ4v) is 3.68. The highest BCUT2D eigenvalue weighted by atomic mass is 16.2. The first-order valence-electron chi connectivity index (χ1n) is 10.3. The highest BCUT2D eigenvalue weighted by Crippen LogP contribution is 2.17. The predicted molar refractivity (Wildman–Crippen MR) is 107 cm³/mol. The molecule has 26 heavy (non-hydrogen) atoms. The summed E-state index contributed by atoms with van der Waals surface area (Å²) in [6, 6.07) is 7.83. The smallest absolute Gasteiger partial charge is 0.224 e. The van der Waals surface area contributed by atoms with Gasteiger partial charge in [-0.1, -0.05) is 69.9 Å². The molecule has 1 saturated carbocycles. The van der Waals surface area contributed by atoms with Crippen LogP contribution >= 0.6 is 0 Å². The summed E-state index contributed by atoms with van der Waals surface area (Å²) in [5.41, 5.74) is 1.74. The number of nitrogens with one attached hydrogen (secondary N) is 2. The number of hydrogen-bond donors (Lipinski definition) is 2. The van der Waals surface area contributed by atoms with Crippen molar-refractivity contribution in [1.29, 1.82) is 0 Å². The Morgan fingerprint density at radius 1 is 0.846 bits per heavy atom. The minimum absolute atomic E-state index is 0.0852. The Morgan fingerprint density at radius 3 is 1.85 bits per heavy atom. The SMILES string of the molecule is CC(=O)Nc1ccc(CC(=O)NC2CCCCCCCCCCC2)cc1. The molecule has 4 nitrogen and oxygen atoms in total. The first-order chi connectivity index (χ1) is 12.6. The Kier molecular flexibility index (Phi) is 9.22. The maximum Gasteiger partial charge on any atom is 0.224 e. The molecule has 1 aliphatic rings. The normalized spacial score (nSPS) is 17.6. The van der Waals surface area contributed by atoms with Crippen LogP contribution in [-0.4, -0.2) is 17.9 Å². The third-order valence-corrected chi connectivity index (χ3v) is 5.11. The highest BCUT2D eigenvalue weighted by Gasteiger charge is 2.13. The number of rotatable bonds is 4. The van der Waals surface area contributed by atoms with E-state index in [0.717, 1.165) is 24.1 Å². The van der Waals surface area contributed by atoms with Crippen LogP contribution < -0.4 is 10.6 Å². The maximum atomic E-state index is 12.4. The molecule has 1 fully saturated rings. The zero-order valence-corrected chi connectivity index (χ0v) is 16.2. The first-order valence-corrected chi connectivity index (χ1v) is 10.3. The lowest BCUT2D eigenvalue weighted by molar-refractivity contribution is -0.121. The molecule has 0 unspecified atom stereocenters. The van der Waals surface area contributed by atoms with Crippen LogP contribution in [0.4, 0.5) is 5.69 Å². The Morgan fingerprint density at radius 2 is 1.35 bits per heavy atom. The van der Waals surface area contributed by atoms with E-state index in [4.69, 9.17) is 0 Å². The molecule has 1 aliphatic carbocycles. The van der Waals surface area contributed by atoms with Crippen LogP contribution in [0.5, 0.6) is 0 Å². The summed E-state index contributed by atoms with van der Waals surface area (Å²) in [5.74, 6) is 0.0207. The van der Waals surface area contributed by atoms with Crippen molar-refractivity contribution in [3.05, 3.63) is 29.8 Å². The van der Waals surface area contributed by atoms with E-state index in [1.165, 1.54) is 64.7 Å². The van der Waals surface area contributed by atoms with Gasteiger partial charge in [-0.25, -0.2) is 0 Å². The summed E-state index contributed by atoms with van der Waals surface area (Å²) in [4.78, 5) is 23.5. The van der Waals surface area contributed by atoms with E-state index in [-0.39, 0.29) is 11.8 Å². The van der Waals surface area contributed by atoms with Crippen molar-refractivity contribution in [3.63, 3.8) is 0 Å². The zero-order chi connectivity index (χ0) is 18.6. The van der Waals surface area contributed by atoms with Crippen LogP contribution in [0, 0.1) is 0 Å². The first kappa shape index (κ1) is 20.5. The summed E-state index contributed by atoms with van der Waals surface area (Å²) in [5, 5.41) is 6.00. The van der Waals surface area contributed by atoms with E-state index < -0.39 is 0 Å². The van der Waals surface area contributed by atoms with Crippen molar-refractivity contribution in [1.82, 2.24) is 5.32 Å². The third-order valence-electron chi connectivity index (χ3n) is 5.11. The molecule has 0 bridgehead atoms. The molecule has 144 valence electrons. The van der Waals surface area contributed by atoms with Crippen LogP contribution in [0.15, 0.2) is 24.3 Å². The number of hydrogen-bond acceptors (Lipinski definition) is 2. The summed E-state index contributed by atoms with van der Waals surface area (Å²) < 4.78 is 0. The van der Waals surface area contributed by atoms with E-state index in [9.17, 15) is 9.59 Å². The van der Waals surface area contributed by atoms with Gasteiger partial charge in [0.25, 0.3) is 0 Å². The largest absolute Gasteiger partial charge is 0.353 e. The molecule has 1 aromatic carbocycles. The minimum atomic E-state index is -0.0852. The Hall–Kier alpha value is -1.84. The molecule has 0 atom stereocenters. The fraction of sp³-hybridized carbons (Fsp3) is 0.636. The number of benzene rings is 1. The lowest BCUT2D eigenvalue weighted by Gasteiger charge is -2.19. The van der Waals surface area contributed by atoms with Crippen LogP contribution in [0.1, 0.15) is 83.1 Å². The lowest BCUT2D eigenvalue weighted by atomic mass is 9.97. The molecule has 0 spiro atoms. The van der Waals surface area contributed by atoms with Crippen LogP contribution in [0.2, 0.25) is 0 Å². The third kappa shape index (κ3) is 8.50. The van der Waals surface area contributed by atoms with E-state index in [1.807, 2.05) is 24.3 Å². The van der Waals surface area contributed by atoms with Crippen LogP contribution in [0.3, 0.4) is 0 Å². The molecule has 0 saturated heterocycles. The minimum Gasteiger partial charge on any atom is -0.353 e. The number of anilines is 1. The van der Waals surface area contributed by atoms with E-state index in [2.05, 4.69) is 10.6 Å². The predicted octanol–water partition coefficient (Wildman–Crippen LogP) is 4.98. The molecule has 2 amide bonds. The second kappa shape index (κ2) is 11.7. The average Bonchev–Trinajstić information content (AvgIpc) is 2.58. The fourth-order valence-electron chi connectivity index (χ4n) is 3.68. The summed E-state index contributed by atoms with van der Waals surface area (Å²) in [6.45, 7) is 1.49. The summed E-state index contributed by atoms with van der Waals surface area (Å²) in [6.07, 6.45) is 14.4. The van der Waals surface area contributed by atoms with Crippen molar-refractivity contribution in [3.8, 4) is 0 Å². The molecular weight excluding hydrogens is 324 g/mol. The summed E-state index contributed by atoms with van der Waals surface area (Å²) in [7, 11) is 0. The van der Waals surface area contributed by atoms with Crippen LogP contribution in [0.25, 0.3) is 0 Å². The number of carbonyl (C=O) groups excluding carboxylic acids is 2. The van der Waals surface area contributed by atoms with Gasteiger partial charge in [-0.2, -0.15) is 0 Å². The molecule has 2 N–H and O–H groups in total. The number of amides is 2. The molecule has 2 rings (SSSR count). The molecule has 0 radical (unpaired) electrons. The van der Waals surface area contributed by atoms with Crippen molar-refractivity contribution in [2.75, 3.05) is 5.32 Å². The van der Waals surface area contributed by atoms with Gasteiger partial charge in [0.1, 0.15) is 0 Å². The molecule has 4 heteroatoms. The molecular formula is C22H34N2O2. The van der Waals surface area contributed by atoms with E-state index in [0.29, 0.717) is 12.5 Å². The average molecular weight is 359 g/mol. The van der Waals surface area contributed by atoms with Crippen LogP contribution in [-0.2, 0) is 16.0 Å². The van der Waals surface area contributed by atoms with Crippen molar-refractivity contribution < 1.29 is 9.59 Å².